The highest BCUT2D eigenvalue weighted by molar-refractivity contribution is 7.80. The van der Waals surface area contributed by atoms with Crippen LogP contribution in [0.5, 0.6) is 0 Å². The summed E-state index contributed by atoms with van der Waals surface area (Å²) < 4.78 is 1.60. The maximum absolute atomic E-state index is 5.74. The predicted octanol–water partition coefficient (Wildman–Crippen LogP) is 0.785. The molecule has 2 aromatic heterocycles. The van der Waals surface area contributed by atoms with Crippen molar-refractivity contribution in [3.8, 4) is 5.82 Å². The van der Waals surface area contributed by atoms with Gasteiger partial charge in [0, 0.05) is 5.69 Å². The first-order valence-electron chi connectivity index (χ1n) is 5.43. The number of fused-ring (bicyclic) bond motifs is 1. The third-order valence-electron chi connectivity index (χ3n) is 2.93. The van der Waals surface area contributed by atoms with E-state index in [0.717, 1.165) is 30.5 Å². The third-order valence-corrected chi connectivity index (χ3v) is 3.15. The number of aromatic nitrogens is 4. The van der Waals surface area contributed by atoms with Crippen LogP contribution in [0.1, 0.15) is 23.2 Å². The predicted molar refractivity (Wildman–Crippen MR) is 67.1 cm³/mol. The molecule has 0 spiro atoms. The van der Waals surface area contributed by atoms with Crippen LogP contribution in [-0.2, 0) is 12.8 Å². The lowest BCUT2D eigenvalue weighted by Crippen LogP contribution is -2.16. The number of hydrogen-bond donors (Lipinski definition) is 1. The van der Waals surface area contributed by atoms with E-state index >= 15 is 0 Å². The largest absolute Gasteiger partial charge is 0.389 e. The highest BCUT2D eigenvalue weighted by Gasteiger charge is 2.18. The Labute approximate surface area is 104 Å². The number of nitrogens with two attached hydrogens (primary N) is 1. The van der Waals surface area contributed by atoms with Crippen LogP contribution in [0.3, 0.4) is 0 Å². The van der Waals surface area contributed by atoms with Crippen molar-refractivity contribution < 1.29 is 0 Å². The zero-order valence-corrected chi connectivity index (χ0v) is 9.94. The standard InChI is InChI=1S/C11H11N5S/c12-10(17)8-4-7-2-1-3-9(7)15-11(8)16-6-13-5-14-16/h4-6H,1-3H2,(H2,12,17). The topological polar surface area (TPSA) is 69.6 Å². The van der Waals surface area contributed by atoms with Crippen molar-refractivity contribution in [2.45, 2.75) is 19.3 Å². The Balaban J connectivity index is 2.22. The summed E-state index contributed by atoms with van der Waals surface area (Å²) in [7, 11) is 0. The minimum atomic E-state index is 0.345. The summed E-state index contributed by atoms with van der Waals surface area (Å²) in [5.74, 6) is 0.677. The number of pyridine rings is 1. The molecule has 0 fully saturated rings. The molecule has 2 N–H and O–H groups in total. The van der Waals surface area contributed by atoms with Gasteiger partial charge in [0.25, 0.3) is 0 Å². The van der Waals surface area contributed by atoms with Gasteiger partial charge >= 0.3 is 0 Å². The van der Waals surface area contributed by atoms with E-state index in [0.29, 0.717) is 10.8 Å². The monoisotopic (exact) mass is 245 g/mol. The first-order valence-corrected chi connectivity index (χ1v) is 5.84. The third kappa shape index (κ3) is 1.70. The maximum Gasteiger partial charge on any atom is 0.165 e. The van der Waals surface area contributed by atoms with Crippen molar-refractivity contribution >= 4 is 17.2 Å². The lowest BCUT2D eigenvalue weighted by Gasteiger charge is -2.09. The smallest absolute Gasteiger partial charge is 0.165 e. The quantitative estimate of drug-likeness (QED) is 0.792. The Kier molecular flexibility index (Phi) is 2.36. The molecule has 0 aliphatic heterocycles. The first-order chi connectivity index (χ1) is 8.25. The number of nitrogens with zero attached hydrogens (tertiary/aromatic N) is 4. The molecule has 0 unspecified atom stereocenters. The number of aryl methyl sites for hydroxylation is 2. The minimum Gasteiger partial charge on any atom is -0.389 e. The van der Waals surface area contributed by atoms with Crippen LogP contribution in [0.4, 0.5) is 0 Å². The average Bonchev–Trinajstić information content (AvgIpc) is 2.98. The van der Waals surface area contributed by atoms with Crippen LogP contribution in [0.2, 0.25) is 0 Å². The molecule has 1 aliphatic rings. The van der Waals surface area contributed by atoms with Gasteiger partial charge in [-0.3, -0.25) is 0 Å². The van der Waals surface area contributed by atoms with Crippen LogP contribution in [0.25, 0.3) is 5.82 Å². The van der Waals surface area contributed by atoms with Crippen molar-refractivity contribution in [1.82, 2.24) is 19.7 Å². The molecule has 0 aromatic carbocycles. The molecular formula is C11H11N5S. The highest BCUT2D eigenvalue weighted by atomic mass is 32.1. The molecule has 0 saturated heterocycles. The molecule has 3 rings (SSSR count). The van der Waals surface area contributed by atoms with Gasteiger partial charge in [-0.2, -0.15) is 5.10 Å². The molecule has 0 saturated carbocycles. The van der Waals surface area contributed by atoms with Crippen molar-refractivity contribution in [3.05, 3.63) is 35.5 Å². The van der Waals surface area contributed by atoms with Gasteiger partial charge < -0.3 is 5.73 Å². The zero-order valence-electron chi connectivity index (χ0n) is 9.13. The lowest BCUT2D eigenvalue weighted by molar-refractivity contribution is 0.827. The van der Waals surface area contributed by atoms with E-state index < -0.39 is 0 Å². The molecule has 5 nitrogen and oxygen atoms in total. The molecule has 0 radical (unpaired) electrons. The van der Waals surface area contributed by atoms with Gasteiger partial charge in [-0.15, -0.1) is 0 Å². The van der Waals surface area contributed by atoms with Crippen LogP contribution < -0.4 is 5.73 Å². The Morgan fingerprint density at radius 2 is 2.29 bits per heavy atom. The molecule has 0 bridgehead atoms. The Hall–Kier alpha value is -1.82. The summed E-state index contributed by atoms with van der Waals surface area (Å²) in [6, 6.07) is 2.04. The molecule has 0 amide bonds. The second-order valence-electron chi connectivity index (χ2n) is 4.02. The maximum atomic E-state index is 5.74. The molecule has 6 heteroatoms. The van der Waals surface area contributed by atoms with E-state index in [-0.39, 0.29) is 0 Å². The Bertz CT molecular complexity index is 576. The summed E-state index contributed by atoms with van der Waals surface area (Å²) in [5, 5.41) is 4.08. The van der Waals surface area contributed by atoms with Gasteiger partial charge in [-0.25, -0.2) is 14.6 Å². The summed E-state index contributed by atoms with van der Waals surface area (Å²) >= 11 is 5.07. The summed E-state index contributed by atoms with van der Waals surface area (Å²) in [6.45, 7) is 0. The van der Waals surface area contributed by atoms with Crippen LogP contribution in [-0.4, -0.2) is 24.7 Å². The minimum absolute atomic E-state index is 0.345. The van der Waals surface area contributed by atoms with E-state index in [2.05, 4.69) is 15.1 Å². The first kappa shape index (κ1) is 10.3. The van der Waals surface area contributed by atoms with Gasteiger partial charge in [0.05, 0.1) is 5.56 Å². The molecule has 17 heavy (non-hydrogen) atoms. The van der Waals surface area contributed by atoms with E-state index in [4.69, 9.17) is 18.0 Å². The normalized spacial score (nSPS) is 13.6. The fourth-order valence-electron chi connectivity index (χ4n) is 2.13. The van der Waals surface area contributed by atoms with E-state index in [1.165, 1.54) is 11.9 Å². The van der Waals surface area contributed by atoms with Crippen LogP contribution in [0.15, 0.2) is 18.7 Å². The number of hydrogen-bond acceptors (Lipinski definition) is 4. The average molecular weight is 245 g/mol. The zero-order chi connectivity index (χ0) is 11.8. The fourth-order valence-corrected chi connectivity index (χ4v) is 2.28. The lowest BCUT2D eigenvalue weighted by atomic mass is 10.1. The van der Waals surface area contributed by atoms with E-state index in [1.54, 1.807) is 11.0 Å². The van der Waals surface area contributed by atoms with Crippen LogP contribution in [0, 0.1) is 0 Å². The van der Waals surface area contributed by atoms with Crippen molar-refractivity contribution in [2.75, 3.05) is 0 Å². The van der Waals surface area contributed by atoms with Gasteiger partial charge in [0.2, 0.25) is 0 Å². The Morgan fingerprint density at radius 3 is 3.00 bits per heavy atom. The molecular weight excluding hydrogens is 234 g/mol. The summed E-state index contributed by atoms with van der Waals surface area (Å²) in [4.78, 5) is 8.88. The van der Waals surface area contributed by atoms with Gasteiger partial charge in [0.15, 0.2) is 5.82 Å². The molecule has 1 aliphatic carbocycles. The number of rotatable bonds is 2. The summed E-state index contributed by atoms with van der Waals surface area (Å²) in [6.07, 6.45) is 6.27. The highest BCUT2D eigenvalue weighted by Crippen LogP contribution is 2.24. The van der Waals surface area contributed by atoms with E-state index in [1.807, 2.05) is 6.07 Å². The Morgan fingerprint density at radius 1 is 1.41 bits per heavy atom. The fraction of sp³-hybridized carbons (Fsp3) is 0.273. The second-order valence-corrected chi connectivity index (χ2v) is 4.46. The number of thiocarbonyl (C=S) groups is 1. The molecule has 0 atom stereocenters. The van der Waals surface area contributed by atoms with Crippen molar-refractivity contribution in [3.63, 3.8) is 0 Å². The van der Waals surface area contributed by atoms with Gasteiger partial charge in [0.1, 0.15) is 17.6 Å². The van der Waals surface area contributed by atoms with Crippen molar-refractivity contribution in [2.24, 2.45) is 5.73 Å². The van der Waals surface area contributed by atoms with Crippen LogP contribution >= 0.6 is 12.2 Å². The van der Waals surface area contributed by atoms with E-state index in [9.17, 15) is 0 Å². The molecule has 2 heterocycles. The van der Waals surface area contributed by atoms with Gasteiger partial charge in [-0.05, 0) is 30.9 Å². The second kappa shape index (κ2) is 3.89. The van der Waals surface area contributed by atoms with Gasteiger partial charge in [-0.1, -0.05) is 12.2 Å². The molecule has 86 valence electrons. The SMILES string of the molecule is NC(=S)c1cc2c(nc1-n1cncn1)CCC2. The molecule has 2 aromatic rings. The summed E-state index contributed by atoms with van der Waals surface area (Å²) in [5.41, 5.74) is 8.88. The van der Waals surface area contributed by atoms with Crippen molar-refractivity contribution in [1.29, 1.82) is 0 Å².